The number of pyridine rings is 1. The van der Waals surface area contributed by atoms with Gasteiger partial charge in [0.1, 0.15) is 0 Å². The summed E-state index contributed by atoms with van der Waals surface area (Å²) < 4.78 is 0. The number of fused-ring (bicyclic) bond motifs is 1. The molecule has 2 aromatic carbocycles. The van der Waals surface area contributed by atoms with Crippen LogP contribution in [0.1, 0.15) is 11.3 Å². The van der Waals surface area contributed by atoms with Crippen LogP contribution in [0.25, 0.3) is 23.1 Å². The molecule has 0 amide bonds. The Balaban J connectivity index is 2.04. The molecule has 0 fully saturated rings. The molecule has 1 heterocycles. The summed E-state index contributed by atoms with van der Waals surface area (Å²) in [5.74, 6) is 0. The number of rotatable bonds is 2. The monoisotopic (exact) mass is 281 g/mol. The molecule has 0 saturated heterocycles. The lowest BCUT2D eigenvalue weighted by molar-refractivity contribution is 1.35. The molecule has 0 aliphatic rings. The summed E-state index contributed by atoms with van der Waals surface area (Å²) in [5.41, 5.74) is 2.52. The van der Waals surface area contributed by atoms with E-state index in [2.05, 4.69) is 4.98 Å². The molecule has 0 saturated carbocycles. The van der Waals surface area contributed by atoms with Crippen LogP contribution in [0.2, 0.25) is 5.02 Å². The van der Waals surface area contributed by atoms with Gasteiger partial charge < -0.3 is 4.98 Å². The quantitative estimate of drug-likeness (QED) is 0.744. The van der Waals surface area contributed by atoms with E-state index in [1.165, 1.54) is 0 Å². The van der Waals surface area contributed by atoms with Crippen molar-refractivity contribution >= 4 is 34.7 Å². The smallest absolute Gasteiger partial charge is 0.189 e. The zero-order valence-corrected chi connectivity index (χ0v) is 11.4. The molecule has 0 spiro atoms. The second-order valence-corrected chi connectivity index (χ2v) is 4.90. The molecule has 0 aliphatic heterocycles. The van der Waals surface area contributed by atoms with Crippen molar-refractivity contribution in [1.29, 1.82) is 0 Å². The maximum atomic E-state index is 12.0. The highest BCUT2D eigenvalue weighted by molar-refractivity contribution is 6.32. The highest BCUT2D eigenvalue weighted by atomic mass is 35.5. The van der Waals surface area contributed by atoms with E-state index in [1.807, 2.05) is 60.7 Å². The number of halogens is 1. The first-order chi connectivity index (χ1) is 9.74. The Morgan fingerprint density at radius 1 is 0.950 bits per heavy atom. The first kappa shape index (κ1) is 12.7. The Kier molecular flexibility index (Phi) is 3.40. The molecule has 20 heavy (non-hydrogen) atoms. The van der Waals surface area contributed by atoms with Gasteiger partial charge in [-0.1, -0.05) is 48.0 Å². The van der Waals surface area contributed by atoms with Crippen molar-refractivity contribution in [3.63, 3.8) is 0 Å². The van der Waals surface area contributed by atoms with Gasteiger partial charge in [0.05, 0.1) is 0 Å². The van der Waals surface area contributed by atoms with Crippen LogP contribution in [0.5, 0.6) is 0 Å². The fraction of sp³-hybridized carbons (Fsp3) is 0. The number of H-pyrrole nitrogens is 1. The van der Waals surface area contributed by atoms with E-state index in [9.17, 15) is 4.79 Å². The van der Waals surface area contributed by atoms with Gasteiger partial charge in [-0.15, -0.1) is 0 Å². The van der Waals surface area contributed by atoms with Crippen LogP contribution in [-0.2, 0) is 0 Å². The van der Waals surface area contributed by atoms with Crippen molar-refractivity contribution in [1.82, 2.24) is 4.98 Å². The van der Waals surface area contributed by atoms with Crippen LogP contribution in [-0.4, -0.2) is 4.98 Å². The Bertz CT molecular complexity index is 849. The number of aromatic nitrogens is 1. The summed E-state index contributed by atoms with van der Waals surface area (Å²) >= 11 is 6.09. The van der Waals surface area contributed by atoms with Gasteiger partial charge in [-0.05, 0) is 29.8 Å². The summed E-state index contributed by atoms with van der Waals surface area (Å²) in [5, 5.41) is 1.38. The number of para-hydroxylation sites is 1. The summed E-state index contributed by atoms with van der Waals surface area (Å²) in [6.07, 6.45) is 3.75. The number of aromatic amines is 1. The minimum atomic E-state index is 0.0122. The molecule has 0 atom stereocenters. The van der Waals surface area contributed by atoms with E-state index in [0.717, 1.165) is 16.8 Å². The molecule has 0 unspecified atom stereocenters. The molecule has 3 heteroatoms. The molecule has 3 rings (SSSR count). The first-order valence-corrected chi connectivity index (χ1v) is 6.66. The van der Waals surface area contributed by atoms with E-state index in [4.69, 9.17) is 11.6 Å². The number of nitrogens with one attached hydrogen (secondary N) is 1. The van der Waals surface area contributed by atoms with Crippen molar-refractivity contribution in [3.05, 3.63) is 81.1 Å². The number of benzene rings is 2. The van der Waals surface area contributed by atoms with E-state index in [0.29, 0.717) is 10.4 Å². The molecule has 98 valence electrons. The maximum absolute atomic E-state index is 12.0. The second-order valence-electron chi connectivity index (χ2n) is 4.49. The molecule has 0 aliphatic carbocycles. The van der Waals surface area contributed by atoms with Crippen molar-refractivity contribution in [2.24, 2.45) is 0 Å². The van der Waals surface area contributed by atoms with Gasteiger partial charge in [-0.25, -0.2) is 0 Å². The largest absolute Gasteiger partial charge is 0.355 e. The van der Waals surface area contributed by atoms with Gasteiger partial charge in [0.2, 0.25) is 0 Å². The van der Waals surface area contributed by atoms with Crippen LogP contribution in [0, 0.1) is 0 Å². The van der Waals surface area contributed by atoms with Crippen LogP contribution >= 0.6 is 11.6 Å². The second kappa shape index (κ2) is 5.35. The van der Waals surface area contributed by atoms with Gasteiger partial charge in [-0.2, -0.15) is 0 Å². The SMILES string of the molecule is O=c1cc(/C=C/c2ccccc2Cl)[nH]c2ccccc12. The molecular formula is C17H12ClNO. The highest BCUT2D eigenvalue weighted by Crippen LogP contribution is 2.17. The zero-order chi connectivity index (χ0) is 13.9. The fourth-order valence-corrected chi connectivity index (χ4v) is 2.30. The minimum absolute atomic E-state index is 0.0122. The minimum Gasteiger partial charge on any atom is -0.355 e. The van der Waals surface area contributed by atoms with Gasteiger partial charge in [0.15, 0.2) is 5.43 Å². The standard InChI is InChI=1S/C17H12ClNO/c18-15-7-3-1-5-12(15)9-10-13-11-17(20)14-6-2-4-8-16(14)19-13/h1-11H,(H,19,20)/b10-9+. The van der Waals surface area contributed by atoms with Crippen LogP contribution in [0.3, 0.4) is 0 Å². The van der Waals surface area contributed by atoms with E-state index in [-0.39, 0.29) is 5.43 Å². The Hall–Kier alpha value is -2.32. The lowest BCUT2D eigenvalue weighted by Crippen LogP contribution is -2.02. The predicted molar refractivity (Wildman–Crippen MR) is 84.9 cm³/mol. The summed E-state index contributed by atoms with van der Waals surface area (Å²) in [7, 11) is 0. The molecule has 0 bridgehead atoms. The molecule has 2 nitrogen and oxygen atoms in total. The Morgan fingerprint density at radius 2 is 1.70 bits per heavy atom. The third-order valence-electron chi connectivity index (χ3n) is 3.11. The Morgan fingerprint density at radius 3 is 2.55 bits per heavy atom. The summed E-state index contributed by atoms with van der Waals surface area (Å²) in [6.45, 7) is 0. The summed E-state index contributed by atoms with van der Waals surface area (Å²) in [6, 6.07) is 16.6. The third-order valence-corrected chi connectivity index (χ3v) is 3.45. The van der Waals surface area contributed by atoms with Crippen molar-refractivity contribution < 1.29 is 0 Å². The van der Waals surface area contributed by atoms with E-state index >= 15 is 0 Å². The highest BCUT2D eigenvalue weighted by Gasteiger charge is 1.99. The van der Waals surface area contributed by atoms with Gasteiger partial charge >= 0.3 is 0 Å². The van der Waals surface area contributed by atoms with Crippen LogP contribution in [0.4, 0.5) is 0 Å². The van der Waals surface area contributed by atoms with Gasteiger partial charge in [-0.3, -0.25) is 4.79 Å². The molecule has 3 aromatic rings. The lowest BCUT2D eigenvalue weighted by Gasteiger charge is -2.00. The first-order valence-electron chi connectivity index (χ1n) is 6.29. The van der Waals surface area contributed by atoms with Gasteiger partial charge in [0.25, 0.3) is 0 Å². The average molecular weight is 282 g/mol. The lowest BCUT2D eigenvalue weighted by atomic mass is 10.1. The average Bonchev–Trinajstić information content (AvgIpc) is 2.46. The zero-order valence-electron chi connectivity index (χ0n) is 10.6. The topological polar surface area (TPSA) is 32.9 Å². The van der Waals surface area contributed by atoms with E-state index in [1.54, 1.807) is 6.07 Å². The molecule has 0 radical (unpaired) electrons. The van der Waals surface area contributed by atoms with Crippen molar-refractivity contribution in [3.8, 4) is 0 Å². The van der Waals surface area contributed by atoms with Crippen molar-refractivity contribution in [2.45, 2.75) is 0 Å². The van der Waals surface area contributed by atoms with Crippen LogP contribution < -0.4 is 5.43 Å². The number of hydrogen-bond acceptors (Lipinski definition) is 1. The third kappa shape index (κ3) is 2.51. The van der Waals surface area contributed by atoms with Crippen molar-refractivity contribution in [2.75, 3.05) is 0 Å². The molecular weight excluding hydrogens is 270 g/mol. The predicted octanol–water partition coefficient (Wildman–Crippen LogP) is 4.35. The maximum Gasteiger partial charge on any atom is 0.189 e. The summed E-state index contributed by atoms with van der Waals surface area (Å²) in [4.78, 5) is 15.2. The Labute approximate surface area is 121 Å². The van der Waals surface area contributed by atoms with E-state index < -0.39 is 0 Å². The number of hydrogen-bond donors (Lipinski definition) is 1. The van der Waals surface area contributed by atoms with Crippen LogP contribution in [0.15, 0.2) is 59.4 Å². The normalized spacial score (nSPS) is 11.2. The van der Waals surface area contributed by atoms with Gasteiger partial charge in [0, 0.05) is 27.7 Å². The molecule has 1 N–H and O–H groups in total. The fourth-order valence-electron chi connectivity index (χ4n) is 2.10. The molecule has 1 aromatic heterocycles.